The van der Waals surface area contributed by atoms with Crippen LogP contribution in [0.3, 0.4) is 0 Å². The standard InChI is InChI=1S/C10H18N2O/c1-4-6-7-12-10(13)9(5-2)8(3)11-12/h11H,4-7H2,1-3H3. The van der Waals surface area contributed by atoms with E-state index in [9.17, 15) is 4.79 Å². The monoisotopic (exact) mass is 182 g/mol. The molecule has 13 heavy (non-hydrogen) atoms. The minimum Gasteiger partial charge on any atom is -0.300 e. The lowest BCUT2D eigenvalue weighted by molar-refractivity contribution is 0.553. The zero-order valence-corrected chi connectivity index (χ0v) is 8.68. The van der Waals surface area contributed by atoms with Gasteiger partial charge in [0.05, 0.1) is 0 Å². The molecule has 74 valence electrons. The van der Waals surface area contributed by atoms with E-state index in [1.54, 1.807) is 4.68 Å². The van der Waals surface area contributed by atoms with Crippen molar-refractivity contribution in [2.24, 2.45) is 0 Å². The second-order valence-corrected chi connectivity index (χ2v) is 3.38. The van der Waals surface area contributed by atoms with Gasteiger partial charge in [0.1, 0.15) is 0 Å². The van der Waals surface area contributed by atoms with Gasteiger partial charge in [-0.1, -0.05) is 20.3 Å². The molecule has 0 radical (unpaired) electrons. The summed E-state index contributed by atoms with van der Waals surface area (Å²) < 4.78 is 1.72. The first-order valence-electron chi connectivity index (χ1n) is 4.99. The van der Waals surface area contributed by atoms with Gasteiger partial charge in [-0.3, -0.25) is 14.6 Å². The Morgan fingerprint density at radius 2 is 2.08 bits per heavy atom. The fourth-order valence-electron chi connectivity index (χ4n) is 1.53. The molecule has 0 spiro atoms. The summed E-state index contributed by atoms with van der Waals surface area (Å²) in [6, 6.07) is 0. The van der Waals surface area contributed by atoms with Crippen molar-refractivity contribution < 1.29 is 0 Å². The minimum absolute atomic E-state index is 0.161. The van der Waals surface area contributed by atoms with Crippen molar-refractivity contribution in [1.29, 1.82) is 0 Å². The van der Waals surface area contributed by atoms with Gasteiger partial charge < -0.3 is 0 Å². The first kappa shape index (κ1) is 10.1. The van der Waals surface area contributed by atoms with Crippen molar-refractivity contribution >= 4 is 0 Å². The van der Waals surface area contributed by atoms with Crippen LogP contribution in [-0.2, 0) is 13.0 Å². The van der Waals surface area contributed by atoms with Crippen molar-refractivity contribution in [3.63, 3.8) is 0 Å². The largest absolute Gasteiger partial charge is 0.300 e. The van der Waals surface area contributed by atoms with E-state index in [1.165, 1.54) is 0 Å². The molecular weight excluding hydrogens is 164 g/mol. The summed E-state index contributed by atoms with van der Waals surface area (Å²) in [4.78, 5) is 11.7. The normalized spacial score (nSPS) is 10.7. The molecule has 1 heterocycles. The van der Waals surface area contributed by atoms with Crippen LogP contribution >= 0.6 is 0 Å². The number of hydrogen-bond donors (Lipinski definition) is 1. The predicted octanol–water partition coefficient (Wildman–Crippen LogP) is 1.85. The number of aromatic amines is 1. The predicted molar refractivity (Wildman–Crippen MR) is 54.1 cm³/mol. The number of aromatic nitrogens is 2. The molecule has 3 nitrogen and oxygen atoms in total. The van der Waals surface area contributed by atoms with Crippen molar-refractivity contribution in [3.8, 4) is 0 Å². The van der Waals surface area contributed by atoms with Gasteiger partial charge in [-0.25, -0.2) is 0 Å². The van der Waals surface area contributed by atoms with E-state index in [4.69, 9.17) is 0 Å². The van der Waals surface area contributed by atoms with Gasteiger partial charge in [-0.15, -0.1) is 0 Å². The summed E-state index contributed by atoms with van der Waals surface area (Å²) in [6.07, 6.45) is 3.00. The average Bonchev–Trinajstić information content (AvgIpc) is 2.38. The summed E-state index contributed by atoms with van der Waals surface area (Å²) >= 11 is 0. The average molecular weight is 182 g/mol. The summed E-state index contributed by atoms with van der Waals surface area (Å²) in [7, 11) is 0. The highest BCUT2D eigenvalue weighted by atomic mass is 16.1. The maximum atomic E-state index is 11.7. The topological polar surface area (TPSA) is 37.8 Å². The van der Waals surface area contributed by atoms with E-state index < -0.39 is 0 Å². The molecule has 0 aliphatic heterocycles. The van der Waals surface area contributed by atoms with E-state index >= 15 is 0 Å². The number of rotatable bonds is 4. The zero-order valence-electron chi connectivity index (χ0n) is 8.68. The lowest BCUT2D eigenvalue weighted by Gasteiger charge is -1.97. The zero-order chi connectivity index (χ0) is 9.84. The minimum atomic E-state index is 0.161. The second-order valence-electron chi connectivity index (χ2n) is 3.38. The van der Waals surface area contributed by atoms with E-state index in [0.717, 1.165) is 37.1 Å². The van der Waals surface area contributed by atoms with Crippen LogP contribution in [0.4, 0.5) is 0 Å². The lowest BCUT2D eigenvalue weighted by Crippen LogP contribution is -2.18. The lowest BCUT2D eigenvalue weighted by atomic mass is 10.2. The van der Waals surface area contributed by atoms with Gasteiger partial charge in [0.25, 0.3) is 5.56 Å². The van der Waals surface area contributed by atoms with Crippen LogP contribution in [0.1, 0.15) is 37.9 Å². The molecule has 0 aromatic carbocycles. The fraction of sp³-hybridized carbons (Fsp3) is 0.700. The van der Waals surface area contributed by atoms with Crippen LogP contribution in [0.5, 0.6) is 0 Å². The molecular formula is C10H18N2O. The Balaban J connectivity index is 2.90. The van der Waals surface area contributed by atoms with Gasteiger partial charge in [-0.05, 0) is 19.8 Å². The van der Waals surface area contributed by atoms with Crippen molar-refractivity contribution in [1.82, 2.24) is 9.78 Å². The van der Waals surface area contributed by atoms with Gasteiger partial charge in [0.2, 0.25) is 0 Å². The Kier molecular flexibility index (Phi) is 3.34. The fourth-order valence-corrected chi connectivity index (χ4v) is 1.53. The molecule has 1 aromatic rings. The first-order chi connectivity index (χ1) is 6.20. The van der Waals surface area contributed by atoms with Crippen LogP contribution in [0.15, 0.2) is 4.79 Å². The van der Waals surface area contributed by atoms with E-state index in [2.05, 4.69) is 12.0 Å². The summed E-state index contributed by atoms with van der Waals surface area (Å²) in [5, 5.41) is 3.10. The Morgan fingerprint density at radius 3 is 2.54 bits per heavy atom. The van der Waals surface area contributed by atoms with Crippen LogP contribution in [0.25, 0.3) is 0 Å². The molecule has 0 unspecified atom stereocenters. The van der Waals surface area contributed by atoms with Gasteiger partial charge in [-0.2, -0.15) is 0 Å². The first-order valence-corrected chi connectivity index (χ1v) is 4.99. The molecule has 1 aromatic heterocycles. The second kappa shape index (κ2) is 4.30. The van der Waals surface area contributed by atoms with Gasteiger partial charge in [0, 0.05) is 17.8 Å². The van der Waals surface area contributed by atoms with Crippen LogP contribution < -0.4 is 5.56 Å². The van der Waals surface area contributed by atoms with Gasteiger partial charge in [0.15, 0.2) is 0 Å². The highest BCUT2D eigenvalue weighted by Crippen LogP contribution is 2.00. The molecule has 0 aliphatic rings. The molecule has 0 aliphatic carbocycles. The SMILES string of the molecule is CCCCn1[nH]c(C)c(CC)c1=O. The number of nitrogens with zero attached hydrogens (tertiary/aromatic N) is 1. The smallest absolute Gasteiger partial charge is 0.269 e. The highest BCUT2D eigenvalue weighted by molar-refractivity contribution is 5.15. The molecule has 3 heteroatoms. The van der Waals surface area contributed by atoms with Crippen LogP contribution in [0, 0.1) is 6.92 Å². The van der Waals surface area contributed by atoms with E-state index in [1.807, 2.05) is 13.8 Å². The molecule has 0 saturated carbocycles. The number of unbranched alkanes of at least 4 members (excludes halogenated alkanes) is 1. The molecule has 0 bridgehead atoms. The maximum Gasteiger partial charge on any atom is 0.269 e. The van der Waals surface area contributed by atoms with Crippen molar-refractivity contribution in [2.45, 2.75) is 46.6 Å². The molecule has 1 rings (SSSR count). The maximum absolute atomic E-state index is 11.7. The van der Waals surface area contributed by atoms with Gasteiger partial charge >= 0.3 is 0 Å². The third-order valence-corrected chi connectivity index (χ3v) is 2.35. The van der Waals surface area contributed by atoms with Crippen LogP contribution in [-0.4, -0.2) is 9.78 Å². The molecule has 0 fully saturated rings. The van der Waals surface area contributed by atoms with Crippen molar-refractivity contribution in [2.75, 3.05) is 0 Å². The van der Waals surface area contributed by atoms with E-state index in [0.29, 0.717) is 0 Å². The van der Waals surface area contributed by atoms with Crippen LogP contribution in [0.2, 0.25) is 0 Å². The molecule has 0 amide bonds. The number of hydrogen-bond acceptors (Lipinski definition) is 1. The summed E-state index contributed by atoms with van der Waals surface area (Å²) in [5.74, 6) is 0. The Labute approximate surface area is 78.8 Å². The summed E-state index contributed by atoms with van der Waals surface area (Å²) in [5.41, 5.74) is 2.10. The summed E-state index contributed by atoms with van der Waals surface area (Å²) in [6.45, 7) is 6.92. The Bertz CT molecular complexity index is 322. The highest BCUT2D eigenvalue weighted by Gasteiger charge is 2.07. The number of aryl methyl sites for hydroxylation is 2. The molecule has 0 atom stereocenters. The third kappa shape index (κ3) is 2.02. The Hall–Kier alpha value is -0.990. The number of H-pyrrole nitrogens is 1. The Morgan fingerprint density at radius 1 is 1.38 bits per heavy atom. The quantitative estimate of drug-likeness (QED) is 0.758. The third-order valence-electron chi connectivity index (χ3n) is 2.35. The van der Waals surface area contributed by atoms with Crippen molar-refractivity contribution in [3.05, 3.63) is 21.6 Å². The molecule has 0 saturated heterocycles. The molecule has 1 N–H and O–H groups in total. The van der Waals surface area contributed by atoms with E-state index in [-0.39, 0.29) is 5.56 Å². The number of nitrogens with one attached hydrogen (secondary N) is 1.